The Balaban J connectivity index is 1.69. The van der Waals surface area contributed by atoms with Crippen LogP contribution in [0.2, 0.25) is 0 Å². The Morgan fingerprint density at radius 1 is 0.962 bits per heavy atom. The minimum absolute atomic E-state index is 0.0286. The average molecular weight is 350 g/mol. The van der Waals surface area contributed by atoms with Crippen molar-refractivity contribution >= 4 is 23.4 Å². The molecule has 3 amide bonds. The van der Waals surface area contributed by atoms with Gasteiger partial charge in [-0.3, -0.25) is 19.3 Å². The van der Waals surface area contributed by atoms with Crippen molar-refractivity contribution in [2.24, 2.45) is 0 Å². The molecule has 5 nitrogen and oxygen atoms in total. The monoisotopic (exact) mass is 350 g/mol. The largest absolute Gasteiger partial charge is 0.325 e. The molecule has 1 heterocycles. The first-order chi connectivity index (χ1) is 12.2. The lowest BCUT2D eigenvalue weighted by Gasteiger charge is -2.19. The SMILES string of the molecule is Cc1ccc2c(c1)C(=O)N(CC(=O)Nc1ccc(C(C)(C)C)cc1)C2=O. The van der Waals surface area contributed by atoms with E-state index < -0.39 is 17.7 Å². The zero-order valence-corrected chi connectivity index (χ0v) is 15.4. The van der Waals surface area contributed by atoms with Crippen LogP contribution in [0, 0.1) is 6.92 Å². The predicted octanol–water partition coefficient (Wildman–Crippen LogP) is 3.53. The molecule has 0 unspecified atom stereocenters. The van der Waals surface area contributed by atoms with Crippen LogP contribution in [0.3, 0.4) is 0 Å². The Labute approximate surface area is 153 Å². The van der Waals surface area contributed by atoms with Crippen LogP contribution in [-0.4, -0.2) is 29.2 Å². The molecule has 0 bridgehead atoms. The van der Waals surface area contributed by atoms with Gasteiger partial charge in [0.15, 0.2) is 0 Å². The molecule has 2 aromatic carbocycles. The number of hydrogen-bond donors (Lipinski definition) is 1. The molecule has 0 saturated carbocycles. The molecule has 0 aliphatic carbocycles. The number of nitrogens with zero attached hydrogens (tertiary/aromatic N) is 1. The van der Waals surface area contributed by atoms with Gasteiger partial charge in [-0.2, -0.15) is 0 Å². The molecule has 1 aliphatic heterocycles. The van der Waals surface area contributed by atoms with Gasteiger partial charge in [0, 0.05) is 5.69 Å². The Morgan fingerprint density at radius 3 is 2.19 bits per heavy atom. The third-order valence-electron chi connectivity index (χ3n) is 4.46. The van der Waals surface area contributed by atoms with E-state index in [1.807, 2.05) is 31.2 Å². The maximum atomic E-state index is 12.4. The number of nitrogens with one attached hydrogen (secondary N) is 1. The highest BCUT2D eigenvalue weighted by atomic mass is 16.2. The summed E-state index contributed by atoms with van der Waals surface area (Å²) in [7, 11) is 0. The molecule has 26 heavy (non-hydrogen) atoms. The third-order valence-corrected chi connectivity index (χ3v) is 4.46. The lowest BCUT2D eigenvalue weighted by molar-refractivity contribution is -0.116. The highest BCUT2D eigenvalue weighted by molar-refractivity contribution is 6.22. The van der Waals surface area contributed by atoms with E-state index in [2.05, 4.69) is 26.1 Å². The maximum absolute atomic E-state index is 12.4. The quantitative estimate of drug-likeness (QED) is 0.861. The van der Waals surface area contributed by atoms with Crippen molar-refractivity contribution in [3.05, 3.63) is 64.7 Å². The third kappa shape index (κ3) is 3.38. The zero-order valence-electron chi connectivity index (χ0n) is 15.4. The Bertz CT molecular complexity index is 892. The fourth-order valence-electron chi connectivity index (χ4n) is 2.95. The van der Waals surface area contributed by atoms with Crippen LogP contribution in [0.25, 0.3) is 0 Å². The van der Waals surface area contributed by atoms with Crippen molar-refractivity contribution in [3.8, 4) is 0 Å². The summed E-state index contributed by atoms with van der Waals surface area (Å²) in [5.41, 5.74) is 3.43. The summed E-state index contributed by atoms with van der Waals surface area (Å²) in [5.74, 6) is -1.25. The van der Waals surface area contributed by atoms with Gasteiger partial charge in [0.05, 0.1) is 11.1 Å². The van der Waals surface area contributed by atoms with Gasteiger partial charge in [-0.05, 0) is 42.2 Å². The lowest BCUT2D eigenvalue weighted by atomic mass is 9.87. The van der Waals surface area contributed by atoms with Crippen LogP contribution in [0.1, 0.15) is 52.6 Å². The molecule has 0 spiro atoms. The predicted molar refractivity (Wildman–Crippen MR) is 100 cm³/mol. The van der Waals surface area contributed by atoms with Crippen molar-refractivity contribution in [2.45, 2.75) is 33.1 Å². The van der Waals surface area contributed by atoms with Crippen LogP contribution < -0.4 is 5.32 Å². The summed E-state index contributed by atoms with van der Waals surface area (Å²) in [5, 5.41) is 2.74. The van der Waals surface area contributed by atoms with Gasteiger partial charge in [0.2, 0.25) is 5.91 Å². The first-order valence-corrected chi connectivity index (χ1v) is 8.54. The molecule has 0 radical (unpaired) electrons. The van der Waals surface area contributed by atoms with Crippen LogP contribution in [-0.2, 0) is 10.2 Å². The number of carbonyl (C=O) groups is 3. The van der Waals surface area contributed by atoms with Crippen LogP contribution in [0.4, 0.5) is 5.69 Å². The lowest BCUT2D eigenvalue weighted by Crippen LogP contribution is -2.37. The molecule has 2 aromatic rings. The second kappa shape index (κ2) is 6.41. The van der Waals surface area contributed by atoms with Gasteiger partial charge < -0.3 is 5.32 Å². The van der Waals surface area contributed by atoms with Crippen molar-refractivity contribution in [1.82, 2.24) is 4.90 Å². The number of anilines is 1. The van der Waals surface area contributed by atoms with Crippen molar-refractivity contribution in [2.75, 3.05) is 11.9 Å². The molecule has 0 aromatic heterocycles. The van der Waals surface area contributed by atoms with E-state index in [1.165, 1.54) is 0 Å². The summed E-state index contributed by atoms with van der Waals surface area (Å²) in [6, 6.07) is 12.7. The number of benzene rings is 2. The van der Waals surface area contributed by atoms with E-state index in [0.29, 0.717) is 16.8 Å². The molecular weight excluding hydrogens is 328 g/mol. The van der Waals surface area contributed by atoms with Gasteiger partial charge in [0.1, 0.15) is 6.54 Å². The number of carbonyl (C=O) groups excluding carboxylic acids is 3. The number of aryl methyl sites for hydroxylation is 1. The topological polar surface area (TPSA) is 66.5 Å². The first kappa shape index (κ1) is 17.9. The number of rotatable bonds is 3. The van der Waals surface area contributed by atoms with E-state index in [0.717, 1.165) is 16.0 Å². The molecule has 1 N–H and O–H groups in total. The molecular formula is C21H22N2O3. The fourth-order valence-corrected chi connectivity index (χ4v) is 2.95. The van der Waals surface area contributed by atoms with E-state index in [4.69, 9.17) is 0 Å². The number of fused-ring (bicyclic) bond motifs is 1. The van der Waals surface area contributed by atoms with E-state index >= 15 is 0 Å². The Hall–Kier alpha value is -2.95. The number of hydrogen-bond acceptors (Lipinski definition) is 3. The molecule has 1 aliphatic rings. The summed E-state index contributed by atoms with van der Waals surface area (Å²) < 4.78 is 0. The second-order valence-corrected chi connectivity index (χ2v) is 7.62. The maximum Gasteiger partial charge on any atom is 0.262 e. The van der Waals surface area contributed by atoms with E-state index in [1.54, 1.807) is 18.2 Å². The molecule has 5 heteroatoms. The Kier molecular flexibility index (Phi) is 4.40. The van der Waals surface area contributed by atoms with Gasteiger partial charge in [0.25, 0.3) is 11.8 Å². The van der Waals surface area contributed by atoms with Gasteiger partial charge in [-0.1, -0.05) is 44.5 Å². The normalized spacial score (nSPS) is 13.8. The number of imide groups is 1. The minimum Gasteiger partial charge on any atom is -0.325 e. The van der Waals surface area contributed by atoms with Gasteiger partial charge >= 0.3 is 0 Å². The zero-order chi connectivity index (χ0) is 19.1. The molecule has 134 valence electrons. The average Bonchev–Trinajstić information content (AvgIpc) is 2.79. The summed E-state index contributed by atoms with van der Waals surface area (Å²) in [6.45, 7) is 7.90. The summed E-state index contributed by atoms with van der Waals surface area (Å²) in [4.78, 5) is 38.1. The molecule has 0 atom stereocenters. The van der Waals surface area contributed by atoms with E-state index in [9.17, 15) is 14.4 Å². The summed E-state index contributed by atoms with van der Waals surface area (Å²) >= 11 is 0. The standard InChI is InChI=1S/C21H22N2O3/c1-13-5-10-16-17(11-13)20(26)23(19(16)25)12-18(24)22-15-8-6-14(7-9-15)21(2,3)4/h5-11H,12H2,1-4H3,(H,22,24). The van der Waals surface area contributed by atoms with Crippen molar-refractivity contribution < 1.29 is 14.4 Å². The van der Waals surface area contributed by atoms with E-state index in [-0.39, 0.29) is 12.0 Å². The van der Waals surface area contributed by atoms with Crippen LogP contribution in [0.15, 0.2) is 42.5 Å². The molecule has 3 rings (SSSR count). The Morgan fingerprint density at radius 2 is 1.58 bits per heavy atom. The number of amides is 3. The molecule has 0 saturated heterocycles. The van der Waals surface area contributed by atoms with Crippen LogP contribution >= 0.6 is 0 Å². The fraction of sp³-hybridized carbons (Fsp3) is 0.286. The smallest absolute Gasteiger partial charge is 0.262 e. The highest BCUT2D eigenvalue weighted by Crippen LogP contribution is 2.25. The summed E-state index contributed by atoms with van der Waals surface area (Å²) in [6.07, 6.45) is 0. The van der Waals surface area contributed by atoms with Gasteiger partial charge in [-0.25, -0.2) is 0 Å². The second-order valence-electron chi connectivity index (χ2n) is 7.62. The first-order valence-electron chi connectivity index (χ1n) is 8.54. The molecule has 0 fully saturated rings. The van der Waals surface area contributed by atoms with Gasteiger partial charge in [-0.15, -0.1) is 0 Å². The van der Waals surface area contributed by atoms with Crippen LogP contribution in [0.5, 0.6) is 0 Å². The minimum atomic E-state index is -0.428. The van der Waals surface area contributed by atoms with Crippen molar-refractivity contribution in [1.29, 1.82) is 0 Å². The highest BCUT2D eigenvalue weighted by Gasteiger charge is 2.36. The van der Waals surface area contributed by atoms with Crippen molar-refractivity contribution in [3.63, 3.8) is 0 Å².